The van der Waals surface area contributed by atoms with E-state index >= 15 is 0 Å². The highest BCUT2D eigenvalue weighted by Gasteiger charge is 2.40. The first-order valence-electron chi connectivity index (χ1n) is 8.25. The van der Waals surface area contributed by atoms with E-state index in [0.29, 0.717) is 0 Å². The van der Waals surface area contributed by atoms with Crippen LogP contribution in [0.5, 0.6) is 0 Å². The first-order valence-corrected chi connectivity index (χ1v) is 8.25. The third kappa shape index (κ3) is 2.98. The van der Waals surface area contributed by atoms with Crippen LogP contribution in [0, 0.1) is 5.92 Å². The molecule has 3 aromatic rings. The topological polar surface area (TPSA) is 55.4 Å². The normalized spacial score (nSPS) is 19.6. The molecule has 1 amide bonds. The maximum atomic E-state index is 12.8. The van der Waals surface area contributed by atoms with Gasteiger partial charge in [-0.1, -0.05) is 66.7 Å². The molecule has 4 rings (SSSR count). The Hall–Kier alpha value is -3.14. The molecule has 25 heavy (non-hydrogen) atoms. The average Bonchev–Trinajstić information content (AvgIpc) is 3.05. The number of hydrogen-bond acceptors (Lipinski definition) is 3. The lowest BCUT2D eigenvalue weighted by molar-refractivity contribution is -0.141. The van der Waals surface area contributed by atoms with E-state index in [1.807, 2.05) is 72.8 Å². The van der Waals surface area contributed by atoms with Crippen LogP contribution >= 0.6 is 0 Å². The van der Waals surface area contributed by atoms with Crippen molar-refractivity contribution in [3.05, 3.63) is 78.4 Å². The fourth-order valence-electron chi connectivity index (χ4n) is 3.29. The van der Waals surface area contributed by atoms with Crippen LogP contribution < -0.4 is 5.32 Å². The van der Waals surface area contributed by atoms with Gasteiger partial charge in [-0.2, -0.15) is 0 Å². The lowest BCUT2D eigenvalue weighted by Crippen LogP contribution is -2.25. The largest absolute Gasteiger partial charge is 0.457 e. The zero-order valence-corrected chi connectivity index (χ0v) is 13.5. The number of carbonyl (C=O) groups is 2. The Bertz CT molecular complexity index is 931. The zero-order valence-electron chi connectivity index (χ0n) is 13.5. The summed E-state index contributed by atoms with van der Waals surface area (Å²) in [5.74, 6) is -1.07. The van der Waals surface area contributed by atoms with Crippen LogP contribution in [0.3, 0.4) is 0 Å². The van der Waals surface area contributed by atoms with Crippen LogP contribution in [0.4, 0.5) is 5.69 Å². The molecule has 3 aromatic carbocycles. The summed E-state index contributed by atoms with van der Waals surface area (Å²) in [6.07, 6.45) is -0.445. The molecule has 4 heteroatoms. The first-order chi connectivity index (χ1) is 12.2. The quantitative estimate of drug-likeness (QED) is 0.736. The highest BCUT2D eigenvalue weighted by atomic mass is 16.6. The SMILES string of the molecule is O=C1CC(C(=O)Nc2cccc3ccccc23)C(c2ccccc2)O1. The molecule has 0 saturated carbocycles. The highest BCUT2D eigenvalue weighted by molar-refractivity contribution is 6.04. The van der Waals surface area contributed by atoms with E-state index < -0.39 is 12.0 Å². The highest BCUT2D eigenvalue weighted by Crippen LogP contribution is 2.36. The third-order valence-corrected chi connectivity index (χ3v) is 4.52. The lowest BCUT2D eigenvalue weighted by atomic mass is 9.94. The summed E-state index contributed by atoms with van der Waals surface area (Å²) in [5, 5.41) is 5.00. The maximum absolute atomic E-state index is 12.8. The van der Waals surface area contributed by atoms with Gasteiger partial charge in [0.25, 0.3) is 0 Å². The molecule has 0 bridgehead atoms. The number of cyclic esters (lactones) is 1. The lowest BCUT2D eigenvalue weighted by Gasteiger charge is -2.18. The summed E-state index contributed by atoms with van der Waals surface area (Å²) < 4.78 is 5.41. The van der Waals surface area contributed by atoms with Crippen molar-refractivity contribution in [1.29, 1.82) is 0 Å². The minimum Gasteiger partial charge on any atom is -0.457 e. The molecule has 0 aromatic heterocycles. The van der Waals surface area contributed by atoms with Crippen molar-refractivity contribution in [3.63, 3.8) is 0 Å². The van der Waals surface area contributed by atoms with Crippen molar-refractivity contribution in [1.82, 2.24) is 0 Å². The monoisotopic (exact) mass is 331 g/mol. The van der Waals surface area contributed by atoms with Crippen molar-refractivity contribution in [3.8, 4) is 0 Å². The van der Waals surface area contributed by atoms with Crippen molar-refractivity contribution in [2.75, 3.05) is 5.32 Å². The zero-order chi connectivity index (χ0) is 17.2. The average molecular weight is 331 g/mol. The third-order valence-electron chi connectivity index (χ3n) is 4.52. The van der Waals surface area contributed by atoms with Gasteiger partial charge in [-0.3, -0.25) is 9.59 Å². The smallest absolute Gasteiger partial charge is 0.307 e. The Morgan fingerprint density at radius 2 is 1.64 bits per heavy atom. The van der Waals surface area contributed by atoms with Gasteiger partial charge in [0.05, 0.1) is 12.3 Å². The summed E-state index contributed by atoms with van der Waals surface area (Å²) in [7, 11) is 0. The Morgan fingerprint density at radius 3 is 2.48 bits per heavy atom. The number of ether oxygens (including phenoxy) is 1. The minimum atomic E-state index is -0.538. The number of benzene rings is 3. The van der Waals surface area contributed by atoms with Gasteiger partial charge in [0, 0.05) is 11.1 Å². The number of carbonyl (C=O) groups excluding carboxylic acids is 2. The Morgan fingerprint density at radius 1 is 0.920 bits per heavy atom. The number of rotatable bonds is 3. The molecule has 2 atom stereocenters. The van der Waals surface area contributed by atoms with Crippen LogP contribution in [-0.4, -0.2) is 11.9 Å². The molecule has 0 spiro atoms. The number of esters is 1. The second kappa shape index (κ2) is 6.40. The Labute approximate surface area is 145 Å². The molecule has 124 valence electrons. The molecule has 1 saturated heterocycles. The van der Waals surface area contributed by atoms with Crippen LogP contribution in [-0.2, 0) is 14.3 Å². The Balaban J connectivity index is 1.62. The van der Waals surface area contributed by atoms with Crippen molar-refractivity contribution >= 4 is 28.3 Å². The van der Waals surface area contributed by atoms with E-state index in [2.05, 4.69) is 5.32 Å². The molecule has 1 N–H and O–H groups in total. The van der Waals surface area contributed by atoms with Gasteiger partial charge in [0.1, 0.15) is 6.10 Å². The van der Waals surface area contributed by atoms with Gasteiger partial charge in [-0.15, -0.1) is 0 Å². The molecule has 1 aliphatic heterocycles. The molecule has 0 radical (unpaired) electrons. The van der Waals surface area contributed by atoms with Crippen molar-refractivity contribution in [2.45, 2.75) is 12.5 Å². The predicted octanol–water partition coefficient (Wildman–Crippen LogP) is 4.08. The van der Waals surface area contributed by atoms with E-state index in [1.54, 1.807) is 0 Å². The van der Waals surface area contributed by atoms with Crippen LogP contribution in [0.2, 0.25) is 0 Å². The van der Waals surface area contributed by atoms with Gasteiger partial charge in [-0.05, 0) is 17.0 Å². The molecular formula is C21H17NO3. The molecule has 1 aliphatic rings. The van der Waals surface area contributed by atoms with Gasteiger partial charge in [0.2, 0.25) is 5.91 Å². The molecular weight excluding hydrogens is 314 g/mol. The van der Waals surface area contributed by atoms with E-state index in [9.17, 15) is 9.59 Å². The second-order valence-corrected chi connectivity index (χ2v) is 6.15. The van der Waals surface area contributed by atoms with E-state index in [4.69, 9.17) is 4.74 Å². The van der Waals surface area contributed by atoms with Gasteiger partial charge < -0.3 is 10.1 Å². The molecule has 2 unspecified atom stereocenters. The number of amides is 1. The summed E-state index contributed by atoms with van der Waals surface area (Å²) in [4.78, 5) is 24.6. The van der Waals surface area contributed by atoms with Crippen molar-refractivity contribution < 1.29 is 14.3 Å². The standard InChI is InChI=1S/C21H17NO3/c23-19-13-17(20(25-19)15-8-2-1-3-9-15)21(24)22-18-12-6-10-14-7-4-5-11-16(14)18/h1-12,17,20H,13H2,(H,22,24). The van der Waals surface area contributed by atoms with Crippen LogP contribution in [0.15, 0.2) is 72.8 Å². The van der Waals surface area contributed by atoms with Crippen LogP contribution in [0.25, 0.3) is 10.8 Å². The molecule has 4 nitrogen and oxygen atoms in total. The van der Waals surface area contributed by atoms with Gasteiger partial charge in [0.15, 0.2) is 0 Å². The minimum absolute atomic E-state index is 0.0934. The van der Waals surface area contributed by atoms with Crippen molar-refractivity contribution in [2.24, 2.45) is 5.92 Å². The van der Waals surface area contributed by atoms with Crippen LogP contribution in [0.1, 0.15) is 18.1 Å². The number of hydrogen-bond donors (Lipinski definition) is 1. The summed E-state index contributed by atoms with van der Waals surface area (Å²) in [6.45, 7) is 0. The first kappa shape index (κ1) is 15.4. The number of nitrogens with one attached hydrogen (secondary N) is 1. The summed E-state index contributed by atoms with van der Waals surface area (Å²) in [5.41, 5.74) is 1.58. The number of fused-ring (bicyclic) bond motifs is 1. The van der Waals surface area contributed by atoms with E-state index in [-0.39, 0.29) is 18.3 Å². The van der Waals surface area contributed by atoms with E-state index in [0.717, 1.165) is 22.0 Å². The van der Waals surface area contributed by atoms with Gasteiger partial charge >= 0.3 is 5.97 Å². The second-order valence-electron chi connectivity index (χ2n) is 6.15. The molecule has 1 heterocycles. The van der Waals surface area contributed by atoms with E-state index in [1.165, 1.54) is 0 Å². The molecule has 0 aliphatic carbocycles. The van der Waals surface area contributed by atoms with Gasteiger partial charge in [-0.25, -0.2) is 0 Å². The summed E-state index contributed by atoms with van der Waals surface area (Å²) >= 11 is 0. The number of anilines is 1. The molecule has 1 fully saturated rings. The fraction of sp³-hybridized carbons (Fsp3) is 0.143. The fourth-order valence-corrected chi connectivity index (χ4v) is 3.29. The maximum Gasteiger partial charge on any atom is 0.307 e. The Kier molecular flexibility index (Phi) is 3.94. The predicted molar refractivity (Wildman–Crippen MR) is 96.0 cm³/mol. The summed E-state index contributed by atoms with van der Waals surface area (Å²) in [6, 6.07) is 23.0.